The van der Waals surface area contributed by atoms with Crippen LogP contribution in [0.15, 0.2) is 0 Å². The lowest BCUT2D eigenvalue weighted by Crippen LogP contribution is -2.28. The summed E-state index contributed by atoms with van der Waals surface area (Å²) in [7, 11) is 0. The van der Waals surface area contributed by atoms with E-state index in [0.29, 0.717) is 24.6 Å². The van der Waals surface area contributed by atoms with E-state index in [-0.39, 0.29) is 22.8 Å². The van der Waals surface area contributed by atoms with E-state index in [0.717, 1.165) is 19.4 Å². The van der Waals surface area contributed by atoms with Crippen molar-refractivity contribution in [2.75, 3.05) is 26.4 Å². The molecule has 0 spiro atoms. The largest absolute Gasteiger partial charge is 0.377 e. The van der Waals surface area contributed by atoms with Gasteiger partial charge in [-0.15, -0.1) is 11.3 Å². The van der Waals surface area contributed by atoms with Crippen LogP contribution in [-0.4, -0.2) is 43.4 Å². The molecule has 1 fully saturated rings. The van der Waals surface area contributed by atoms with Crippen LogP contribution in [0.25, 0.3) is 0 Å². The number of hydrogen-bond donors (Lipinski definition) is 1. The number of aromatic nitrogens is 1. The second-order valence-corrected chi connectivity index (χ2v) is 5.83. The number of amides is 1. The van der Waals surface area contributed by atoms with Crippen LogP contribution in [0.1, 0.15) is 33.9 Å². The average Bonchev–Trinajstić information content (AvgIpc) is 3.07. The maximum absolute atomic E-state index is 12.5. The van der Waals surface area contributed by atoms with E-state index in [4.69, 9.17) is 21.1 Å². The predicted molar refractivity (Wildman–Crippen MR) is 74.2 cm³/mol. The number of nitrogens with one attached hydrogen (secondary N) is 1. The van der Waals surface area contributed by atoms with E-state index in [1.165, 1.54) is 0 Å². The highest BCUT2D eigenvalue weighted by Crippen LogP contribution is 2.32. The molecule has 118 valence electrons. The van der Waals surface area contributed by atoms with Gasteiger partial charge in [-0.3, -0.25) is 4.79 Å². The van der Waals surface area contributed by atoms with Crippen LogP contribution in [0.2, 0.25) is 5.15 Å². The number of nitrogens with zero attached hydrogens (tertiary/aromatic N) is 1. The maximum atomic E-state index is 12.5. The van der Waals surface area contributed by atoms with E-state index in [2.05, 4.69) is 10.3 Å². The topological polar surface area (TPSA) is 60.5 Å². The third kappa shape index (κ3) is 4.84. The summed E-state index contributed by atoms with van der Waals surface area (Å²) in [6, 6.07) is 0. The van der Waals surface area contributed by atoms with E-state index >= 15 is 0 Å². The van der Waals surface area contributed by atoms with Crippen LogP contribution < -0.4 is 5.32 Å². The van der Waals surface area contributed by atoms with Gasteiger partial charge in [-0.05, 0) is 12.8 Å². The summed E-state index contributed by atoms with van der Waals surface area (Å²) in [6.07, 6.45) is -0.569. The first-order chi connectivity index (χ1) is 10.1. The van der Waals surface area contributed by atoms with Gasteiger partial charge in [0.25, 0.3) is 12.3 Å². The predicted octanol–water partition coefficient (Wildman–Crippen LogP) is 2.66. The molecule has 21 heavy (non-hydrogen) atoms. The molecule has 5 nitrogen and oxygen atoms in total. The summed E-state index contributed by atoms with van der Waals surface area (Å²) in [4.78, 5) is 14.9. The number of alkyl halides is 2. The lowest BCUT2D eigenvalue weighted by molar-refractivity contribution is 0.0183. The second-order valence-electron chi connectivity index (χ2n) is 4.44. The van der Waals surface area contributed by atoms with Crippen molar-refractivity contribution < 1.29 is 23.0 Å². The van der Waals surface area contributed by atoms with Crippen LogP contribution >= 0.6 is 22.9 Å². The fraction of sp³-hybridized carbons (Fsp3) is 0.667. The first-order valence-electron chi connectivity index (χ1n) is 6.50. The smallest absolute Gasteiger partial charge is 0.280 e. The van der Waals surface area contributed by atoms with Crippen molar-refractivity contribution in [1.29, 1.82) is 0 Å². The Balaban J connectivity index is 1.68. The Labute approximate surface area is 129 Å². The molecule has 1 amide bonds. The van der Waals surface area contributed by atoms with Crippen molar-refractivity contribution in [2.24, 2.45) is 0 Å². The zero-order chi connectivity index (χ0) is 15.2. The van der Waals surface area contributed by atoms with Crippen LogP contribution in [0.5, 0.6) is 0 Å². The highest BCUT2D eigenvalue weighted by atomic mass is 35.5. The molecule has 1 unspecified atom stereocenters. The van der Waals surface area contributed by atoms with Crippen molar-refractivity contribution in [3.05, 3.63) is 15.0 Å². The first-order valence-corrected chi connectivity index (χ1v) is 7.69. The number of carbonyl (C=O) groups is 1. The van der Waals surface area contributed by atoms with Gasteiger partial charge in [0.15, 0.2) is 5.01 Å². The minimum atomic E-state index is -2.73. The van der Waals surface area contributed by atoms with Crippen molar-refractivity contribution >= 4 is 28.8 Å². The number of thiazole rings is 1. The summed E-state index contributed by atoms with van der Waals surface area (Å²) in [5, 5.41) is 2.14. The van der Waals surface area contributed by atoms with Crippen molar-refractivity contribution in [3.63, 3.8) is 0 Å². The highest BCUT2D eigenvalue weighted by molar-refractivity contribution is 7.14. The fourth-order valence-corrected chi connectivity index (χ4v) is 2.91. The monoisotopic (exact) mass is 340 g/mol. The normalized spacial score (nSPS) is 18.4. The van der Waals surface area contributed by atoms with Gasteiger partial charge < -0.3 is 14.8 Å². The fourth-order valence-electron chi connectivity index (χ4n) is 1.85. The van der Waals surface area contributed by atoms with Crippen LogP contribution in [0.4, 0.5) is 8.78 Å². The van der Waals surface area contributed by atoms with E-state index < -0.39 is 17.2 Å². The minimum absolute atomic E-state index is 0.0746. The van der Waals surface area contributed by atoms with E-state index in [1.54, 1.807) is 0 Å². The van der Waals surface area contributed by atoms with Crippen molar-refractivity contribution in [2.45, 2.75) is 25.4 Å². The zero-order valence-electron chi connectivity index (χ0n) is 11.1. The molecular formula is C12H15ClF2N2O3S. The molecular weight excluding hydrogens is 326 g/mol. The molecule has 0 aromatic carbocycles. The lowest BCUT2D eigenvalue weighted by Gasteiger charge is -2.10. The van der Waals surface area contributed by atoms with Crippen LogP contribution in [0, 0.1) is 0 Å². The second kappa shape index (κ2) is 7.98. The van der Waals surface area contributed by atoms with Gasteiger partial charge in [0.2, 0.25) is 0 Å². The zero-order valence-corrected chi connectivity index (χ0v) is 12.7. The van der Waals surface area contributed by atoms with Gasteiger partial charge in [-0.25, -0.2) is 13.8 Å². The molecule has 1 aromatic rings. The number of hydrogen-bond acceptors (Lipinski definition) is 5. The van der Waals surface area contributed by atoms with Gasteiger partial charge in [0, 0.05) is 13.2 Å². The molecule has 9 heteroatoms. The third-order valence-electron chi connectivity index (χ3n) is 2.86. The molecule has 1 saturated heterocycles. The van der Waals surface area contributed by atoms with Crippen molar-refractivity contribution in [1.82, 2.24) is 10.3 Å². The summed E-state index contributed by atoms with van der Waals surface area (Å²) in [5.74, 6) is -0.533. The quantitative estimate of drug-likeness (QED) is 0.775. The highest BCUT2D eigenvalue weighted by Gasteiger charge is 2.21. The molecule has 0 bridgehead atoms. The van der Waals surface area contributed by atoms with E-state index in [1.807, 2.05) is 0 Å². The van der Waals surface area contributed by atoms with Crippen LogP contribution in [0.3, 0.4) is 0 Å². The Morgan fingerprint density at radius 1 is 1.62 bits per heavy atom. The maximum Gasteiger partial charge on any atom is 0.280 e. The average molecular weight is 341 g/mol. The SMILES string of the molecule is O=C(NCCOCC1CCCO1)c1nc(Cl)c(C(F)F)s1. The summed E-state index contributed by atoms with van der Waals surface area (Å²) in [6.45, 7) is 1.86. The molecule has 1 N–H and O–H groups in total. The molecule has 0 saturated carbocycles. The van der Waals surface area contributed by atoms with Gasteiger partial charge in [-0.2, -0.15) is 0 Å². The van der Waals surface area contributed by atoms with Crippen molar-refractivity contribution in [3.8, 4) is 0 Å². The molecule has 1 aliphatic rings. The number of rotatable bonds is 7. The Morgan fingerprint density at radius 3 is 3.05 bits per heavy atom. The summed E-state index contributed by atoms with van der Waals surface area (Å²) < 4.78 is 35.8. The van der Waals surface area contributed by atoms with Gasteiger partial charge in [0.1, 0.15) is 10.0 Å². The van der Waals surface area contributed by atoms with Crippen LogP contribution in [-0.2, 0) is 9.47 Å². The molecule has 2 rings (SSSR count). The number of carbonyl (C=O) groups excluding carboxylic acids is 1. The molecule has 1 atom stereocenters. The standard InChI is InChI=1S/C12H15ClF2N2O3S/c13-9-8(10(14)15)21-12(17-9)11(18)16-3-5-19-6-7-2-1-4-20-7/h7,10H,1-6H2,(H,16,18). The van der Waals surface area contributed by atoms with Gasteiger partial charge in [0.05, 0.1) is 19.3 Å². The molecule has 0 aliphatic carbocycles. The molecule has 1 aliphatic heterocycles. The summed E-state index contributed by atoms with van der Waals surface area (Å²) >= 11 is 6.14. The molecule has 2 heterocycles. The van der Waals surface area contributed by atoms with Gasteiger partial charge >= 0.3 is 0 Å². The minimum Gasteiger partial charge on any atom is -0.377 e. The third-order valence-corrected chi connectivity index (χ3v) is 4.32. The Bertz CT molecular complexity index is 481. The molecule has 0 radical (unpaired) electrons. The van der Waals surface area contributed by atoms with E-state index in [9.17, 15) is 13.6 Å². The Hall–Kier alpha value is -0.830. The Morgan fingerprint density at radius 2 is 2.43 bits per heavy atom. The number of ether oxygens (including phenoxy) is 2. The Kier molecular flexibility index (Phi) is 6.28. The lowest BCUT2D eigenvalue weighted by atomic mass is 10.2. The van der Waals surface area contributed by atoms with Gasteiger partial charge in [-0.1, -0.05) is 11.6 Å². The number of halogens is 3. The first kappa shape index (κ1) is 16.5. The molecule has 1 aromatic heterocycles. The summed E-state index contributed by atoms with van der Waals surface area (Å²) in [5.41, 5.74) is 0.